The topological polar surface area (TPSA) is 76.7 Å². The third-order valence-electron chi connectivity index (χ3n) is 6.54. The number of hydrogen-bond acceptors (Lipinski definition) is 6. The lowest BCUT2D eigenvalue weighted by atomic mass is 9.78. The first kappa shape index (κ1) is 21.8. The Labute approximate surface area is 198 Å². The van der Waals surface area contributed by atoms with Crippen molar-refractivity contribution < 1.29 is 19.1 Å². The summed E-state index contributed by atoms with van der Waals surface area (Å²) in [5.74, 6) is 0.557. The molecule has 0 amide bonds. The van der Waals surface area contributed by atoms with Gasteiger partial charge in [0.05, 0.1) is 37.2 Å². The molecule has 2 aliphatic rings. The highest BCUT2D eigenvalue weighted by Crippen LogP contribution is 2.44. The lowest BCUT2D eigenvalue weighted by Crippen LogP contribution is -2.27. The maximum atomic E-state index is 13.6. The molecular weight excluding hydrogens is 428 g/mol. The normalized spacial score (nSPS) is 19.2. The summed E-state index contributed by atoms with van der Waals surface area (Å²) < 4.78 is 10.2. The van der Waals surface area contributed by atoms with E-state index in [0.29, 0.717) is 18.4 Å². The predicted octanol–water partition coefficient (Wildman–Crippen LogP) is 5.46. The Morgan fingerprint density at radius 3 is 2.38 bits per heavy atom. The van der Waals surface area contributed by atoms with Crippen molar-refractivity contribution in [1.29, 1.82) is 0 Å². The zero-order valence-corrected chi connectivity index (χ0v) is 19.1. The third kappa shape index (κ3) is 4.03. The summed E-state index contributed by atoms with van der Waals surface area (Å²) in [7, 11) is 3.01. The Kier molecular flexibility index (Phi) is 5.80. The molecule has 0 saturated carbocycles. The van der Waals surface area contributed by atoms with Crippen molar-refractivity contribution in [2.45, 2.75) is 24.8 Å². The minimum absolute atomic E-state index is 0.0569. The van der Waals surface area contributed by atoms with Crippen LogP contribution in [0.2, 0.25) is 0 Å². The average Bonchev–Trinajstić information content (AvgIpc) is 3.05. The molecule has 0 saturated heterocycles. The Morgan fingerprint density at radius 2 is 1.65 bits per heavy atom. The molecule has 2 N–H and O–H groups in total. The summed E-state index contributed by atoms with van der Waals surface area (Å²) in [5.41, 5.74) is 5.98. The third-order valence-corrected chi connectivity index (χ3v) is 6.54. The van der Waals surface area contributed by atoms with Crippen LogP contribution in [0.4, 0.5) is 11.4 Å². The zero-order valence-electron chi connectivity index (χ0n) is 19.1. The van der Waals surface area contributed by atoms with E-state index in [1.165, 1.54) is 7.11 Å². The molecule has 1 aliphatic heterocycles. The SMILES string of the molecule is COC(=O)c1ccc(C2Nc3ccccc3NC3=C2C(=O)CC(c2cccc(OC)c2)C3)cc1. The first-order valence-electron chi connectivity index (χ1n) is 11.3. The van der Waals surface area contributed by atoms with Gasteiger partial charge in [0.2, 0.25) is 0 Å². The van der Waals surface area contributed by atoms with Crippen molar-refractivity contribution in [3.05, 3.63) is 101 Å². The van der Waals surface area contributed by atoms with Crippen LogP contribution in [0.3, 0.4) is 0 Å². The van der Waals surface area contributed by atoms with Crippen molar-refractivity contribution in [3.63, 3.8) is 0 Å². The molecule has 1 aliphatic carbocycles. The number of anilines is 2. The second-order valence-electron chi connectivity index (χ2n) is 8.56. The van der Waals surface area contributed by atoms with E-state index < -0.39 is 0 Å². The van der Waals surface area contributed by atoms with Gasteiger partial charge in [0.15, 0.2) is 5.78 Å². The van der Waals surface area contributed by atoms with Gasteiger partial charge in [-0.2, -0.15) is 0 Å². The molecule has 6 nitrogen and oxygen atoms in total. The van der Waals surface area contributed by atoms with Crippen LogP contribution in [0.5, 0.6) is 5.75 Å². The number of rotatable bonds is 4. The van der Waals surface area contributed by atoms with Gasteiger partial charge in [-0.3, -0.25) is 4.79 Å². The van der Waals surface area contributed by atoms with Gasteiger partial charge >= 0.3 is 5.97 Å². The molecule has 3 aromatic carbocycles. The van der Waals surface area contributed by atoms with E-state index in [1.807, 2.05) is 54.6 Å². The fourth-order valence-corrected chi connectivity index (χ4v) is 4.80. The van der Waals surface area contributed by atoms with Gasteiger partial charge in [0.1, 0.15) is 5.75 Å². The van der Waals surface area contributed by atoms with E-state index in [0.717, 1.165) is 39.5 Å². The van der Waals surface area contributed by atoms with Gasteiger partial charge in [-0.05, 0) is 59.9 Å². The predicted molar refractivity (Wildman–Crippen MR) is 131 cm³/mol. The molecule has 34 heavy (non-hydrogen) atoms. The van der Waals surface area contributed by atoms with Crippen LogP contribution in [0.15, 0.2) is 84.1 Å². The van der Waals surface area contributed by atoms with Crippen LogP contribution in [0.25, 0.3) is 0 Å². The maximum Gasteiger partial charge on any atom is 0.337 e. The molecule has 3 aromatic rings. The summed E-state index contributed by atoms with van der Waals surface area (Å²) in [5, 5.41) is 7.11. The number of allylic oxidation sites excluding steroid dienone is 1. The largest absolute Gasteiger partial charge is 0.497 e. The van der Waals surface area contributed by atoms with Gasteiger partial charge in [0.25, 0.3) is 0 Å². The number of hydrogen-bond donors (Lipinski definition) is 2. The van der Waals surface area contributed by atoms with Gasteiger partial charge in [-0.15, -0.1) is 0 Å². The number of carbonyl (C=O) groups excluding carboxylic acids is 2. The van der Waals surface area contributed by atoms with E-state index in [1.54, 1.807) is 19.2 Å². The number of para-hydroxylation sites is 2. The van der Waals surface area contributed by atoms with Gasteiger partial charge in [-0.1, -0.05) is 36.4 Å². The van der Waals surface area contributed by atoms with Crippen molar-refractivity contribution in [2.24, 2.45) is 0 Å². The number of methoxy groups -OCH3 is 2. The highest BCUT2D eigenvalue weighted by Gasteiger charge is 2.36. The number of ketones is 1. The van der Waals surface area contributed by atoms with Gasteiger partial charge in [-0.25, -0.2) is 4.79 Å². The second kappa shape index (κ2) is 9.06. The van der Waals surface area contributed by atoms with Crippen LogP contribution >= 0.6 is 0 Å². The quantitative estimate of drug-likeness (QED) is 0.510. The molecule has 0 radical (unpaired) electrons. The number of ether oxygens (including phenoxy) is 2. The van der Waals surface area contributed by atoms with Crippen molar-refractivity contribution >= 4 is 23.1 Å². The van der Waals surface area contributed by atoms with Gasteiger partial charge < -0.3 is 20.1 Å². The summed E-state index contributed by atoms with van der Waals surface area (Å²) >= 11 is 0. The van der Waals surface area contributed by atoms with Crippen molar-refractivity contribution in [2.75, 3.05) is 24.9 Å². The molecule has 6 heteroatoms. The maximum absolute atomic E-state index is 13.6. The summed E-state index contributed by atoms with van der Waals surface area (Å²) in [6.07, 6.45) is 1.13. The van der Waals surface area contributed by atoms with E-state index in [4.69, 9.17) is 9.47 Å². The second-order valence-corrected chi connectivity index (χ2v) is 8.56. The van der Waals surface area contributed by atoms with E-state index in [9.17, 15) is 9.59 Å². The average molecular weight is 455 g/mol. The molecular formula is C28H26N2O4. The number of esters is 1. The molecule has 0 fully saturated rings. The molecule has 0 bridgehead atoms. The van der Waals surface area contributed by atoms with Crippen LogP contribution in [0.1, 0.15) is 46.3 Å². The molecule has 172 valence electrons. The molecule has 0 spiro atoms. The first-order valence-corrected chi connectivity index (χ1v) is 11.3. The summed E-state index contributed by atoms with van der Waals surface area (Å²) in [6, 6.07) is 22.8. The lowest BCUT2D eigenvalue weighted by Gasteiger charge is -2.30. The van der Waals surface area contributed by atoms with E-state index in [2.05, 4.69) is 16.7 Å². The number of benzene rings is 3. The fraction of sp³-hybridized carbons (Fsp3) is 0.214. The minimum Gasteiger partial charge on any atom is -0.497 e. The van der Waals surface area contributed by atoms with Crippen LogP contribution < -0.4 is 15.4 Å². The smallest absolute Gasteiger partial charge is 0.337 e. The van der Waals surface area contributed by atoms with Crippen LogP contribution in [0, 0.1) is 0 Å². The standard InChI is InChI=1S/C28H26N2O4/c1-33-21-7-5-6-19(14-21)20-15-24-26(25(31)16-20)27(30-23-9-4-3-8-22(23)29-24)17-10-12-18(13-11-17)28(32)34-2/h3-14,20,27,29-30H,15-16H2,1-2H3. The Bertz CT molecular complexity index is 1280. The lowest BCUT2D eigenvalue weighted by molar-refractivity contribution is -0.116. The fourth-order valence-electron chi connectivity index (χ4n) is 4.80. The molecule has 1 heterocycles. The highest BCUT2D eigenvalue weighted by molar-refractivity contribution is 6.01. The molecule has 2 unspecified atom stereocenters. The van der Waals surface area contributed by atoms with E-state index >= 15 is 0 Å². The Hall–Kier alpha value is -4.06. The zero-order chi connectivity index (χ0) is 23.7. The number of Topliss-reactive ketones (excluding diaryl/α,β-unsaturated/α-hetero) is 1. The molecule has 2 atom stereocenters. The van der Waals surface area contributed by atoms with Crippen LogP contribution in [-0.4, -0.2) is 26.0 Å². The van der Waals surface area contributed by atoms with Gasteiger partial charge in [0, 0.05) is 17.7 Å². The summed E-state index contributed by atoms with van der Waals surface area (Å²) in [4.78, 5) is 25.5. The minimum atomic E-state index is -0.387. The molecule has 0 aromatic heterocycles. The Morgan fingerprint density at radius 1 is 0.882 bits per heavy atom. The number of nitrogens with one attached hydrogen (secondary N) is 2. The highest BCUT2D eigenvalue weighted by atomic mass is 16.5. The van der Waals surface area contributed by atoms with Crippen LogP contribution in [-0.2, 0) is 9.53 Å². The first-order chi connectivity index (χ1) is 16.6. The van der Waals surface area contributed by atoms with Crippen molar-refractivity contribution in [1.82, 2.24) is 0 Å². The van der Waals surface area contributed by atoms with E-state index in [-0.39, 0.29) is 23.7 Å². The number of carbonyl (C=O) groups is 2. The Balaban J connectivity index is 1.56. The summed E-state index contributed by atoms with van der Waals surface area (Å²) in [6.45, 7) is 0. The monoisotopic (exact) mass is 454 g/mol. The number of fused-ring (bicyclic) bond motifs is 1. The molecule has 5 rings (SSSR count). The van der Waals surface area contributed by atoms with Crippen molar-refractivity contribution in [3.8, 4) is 5.75 Å².